The average molecular weight is 356 g/mol. The fraction of sp³-hybridized carbons (Fsp3) is 0.533. The molecule has 1 heterocycles. The normalized spacial score (nSPS) is 22.9. The number of hydrogen-bond donors (Lipinski definition) is 2. The third kappa shape index (κ3) is 4.70. The molecule has 1 aliphatic rings. The van der Waals surface area contributed by atoms with Crippen LogP contribution in [0.4, 0.5) is 0 Å². The molecule has 1 saturated heterocycles. The van der Waals surface area contributed by atoms with Crippen LogP contribution in [0.3, 0.4) is 0 Å². The highest BCUT2D eigenvalue weighted by Crippen LogP contribution is 2.36. The summed E-state index contributed by atoms with van der Waals surface area (Å²) >= 11 is 5.55. The number of benzene rings is 1. The maximum Gasteiger partial charge on any atom is 0.191 e. The number of hydrogen-bond acceptors (Lipinski definition) is 2. The van der Waals surface area contributed by atoms with Gasteiger partial charge in [-0.1, -0.05) is 28.1 Å². The summed E-state index contributed by atoms with van der Waals surface area (Å²) < 4.78 is 1.46. The third-order valence-corrected chi connectivity index (χ3v) is 5.53. The van der Waals surface area contributed by atoms with Crippen LogP contribution in [0.5, 0.6) is 0 Å². The highest BCUT2D eigenvalue weighted by molar-refractivity contribution is 9.10. The van der Waals surface area contributed by atoms with E-state index in [0.717, 1.165) is 23.5 Å². The van der Waals surface area contributed by atoms with Crippen LogP contribution in [0.15, 0.2) is 33.7 Å². The van der Waals surface area contributed by atoms with Gasteiger partial charge in [0, 0.05) is 29.4 Å². The molecule has 1 aromatic carbocycles. The fourth-order valence-electron chi connectivity index (χ4n) is 2.30. The van der Waals surface area contributed by atoms with E-state index < -0.39 is 0 Å². The lowest BCUT2D eigenvalue weighted by Gasteiger charge is -2.24. The first-order chi connectivity index (χ1) is 9.61. The summed E-state index contributed by atoms with van der Waals surface area (Å²) in [6.07, 6.45) is 2.61. The molecule has 1 aliphatic heterocycles. The average Bonchev–Trinajstić information content (AvgIpc) is 2.86. The minimum atomic E-state index is 0.355. The molecule has 5 heteroatoms. The van der Waals surface area contributed by atoms with Crippen molar-refractivity contribution in [2.45, 2.75) is 31.1 Å². The van der Waals surface area contributed by atoms with E-state index in [4.69, 9.17) is 0 Å². The van der Waals surface area contributed by atoms with E-state index in [1.807, 2.05) is 19.2 Å². The van der Waals surface area contributed by atoms with Crippen LogP contribution in [0, 0.1) is 0 Å². The van der Waals surface area contributed by atoms with Crippen molar-refractivity contribution in [2.75, 3.05) is 19.3 Å². The fourth-order valence-corrected chi connectivity index (χ4v) is 3.99. The summed E-state index contributed by atoms with van der Waals surface area (Å²) in [5.74, 6) is 2.15. The minimum absolute atomic E-state index is 0.355. The van der Waals surface area contributed by atoms with Crippen molar-refractivity contribution in [3.63, 3.8) is 0 Å². The highest BCUT2D eigenvalue weighted by Gasteiger charge is 2.29. The van der Waals surface area contributed by atoms with Crippen LogP contribution in [0.25, 0.3) is 0 Å². The Labute approximate surface area is 134 Å². The zero-order valence-corrected chi connectivity index (χ0v) is 14.5. The highest BCUT2D eigenvalue weighted by atomic mass is 79.9. The minimum Gasteiger partial charge on any atom is -0.355 e. The van der Waals surface area contributed by atoms with Crippen molar-refractivity contribution in [2.24, 2.45) is 4.99 Å². The molecule has 0 radical (unpaired) electrons. The van der Waals surface area contributed by atoms with Crippen molar-refractivity contribution >= 4 is 33.7 Å². The molecule has 0 amide bonds. The zero-order valence-electron chi connectivity index (χ0n) is 12.1. The van der Waals surface area contributed by atoms with Gasteiger partial charge in [-0.05, 0) is 43.2 Å². The Morgan fingerprint density at radius 3 is 2.95 bits per heavy atom. The van der Waals surface area contributed by atoms with Crippen molar-refractivity contribution in [3.8, 4) is 0 Å². The molecule has 0 saturated carbocycles. The van der Waals surface area contributed by atoms with Crippen LogP contribution >= 0.6 is 27.7 Å². The second-order valence-electron chi connectivity index (χ2n) is 5.31. The van der Waals surface area contributed by atoms with Gasteiger partial charge in [0.15, 0.2) is 5.96 Å². The summed E-state index contributed by atoms with van der Waals surface area (Å²) in [4.78, 5) is 4.29. The van der Waals surface area contributed by atoms with E-state index in [0.29, 0.717) is 4.75 Å². The predicted molar refractivity (Wildman–Crippen MR) is 92.4 cm³/mol. The van der Waals surface area contributed by atoms with Crippen molar-refractivity contribution in [1.29, 1.82) is 0 Å². The Bertz CT molecular complexity index is 470. The lowest BCUT2D eigenvalue weighted by Crippen LogP contribution is -2.43. The first-order valence-corrected chi connectivity index (χ1v) is 8.72. The van der Waals surface area contributed by atoms with Crippen molar-refractivity contribution < 1.29 is 0 Å². The Kier molecular flexibility index (Phi) is 5.78. The maximum absolute atomic E-state index is 4.29. The first kappa shape index (κ1) is 15.7. The molecule has 2 N–H and O–H groups in total. The maximum atomic E-state index is 4.29. The number of halogens is 1. The number of nitrogens with zero attached hydrogens (tertiary/aromatic N) is 1. The second kappa shape index (κ2) is 7.36. The number of thioether (sulfide) groups is 1. The van der Waals surface area contributed by atoms with Crippen molar-refractivity contribution in [1.82, 2.24) is 10.6 Å². The van der Waals surface area contributed by atoms with Gasteiger partial charge in [-0.25, -0.2) is 0 Å². The molecule has 1 fully saturated rings. The molecule has 0 bridgehead atoms. The molecule has 0 aliphatic carbocycles. The molecule has 0 spiro atoms. The largest absolute Gasteiger partial charge is 0.355 e. The standard InChI is InChI=1S/C15H22BrN3S/c1-15(7-4-8-20-15)11-19-14(17-2)18-10-12-5-3-6-13(16)9-12/h3,5-6,9H,4,7-8,10-11H2,1-2H3,(H2,17,18,19). The molecule has 1 atom stereocenters. The van der Waals surface area contributed by atoms with Gasteiger partial charge in [-0.15, -0.1) is 0 Å². The summed E-state index contributed by atoms with van der Waals surface area (Å²) in [6.45, 7) is 4.08. The Morgan fingerprint density at radius 2 is 2.30 bits per heavy atom. The Morgan fingerprint density at radius 1 is 1.45 bits per heavy atom. The lowest BCUT2D eigenvalue weighted by atomic mass is 10.1. The molecule has 110 valence electrons. The van der Waals surface area contributed by atoms with Crippen molar-refractivity contribution in [3.05, 3.63) is 34.3 Å². The van der Waals surface area contributed by atoms with Gasteiger partial charge >= 0.3 is 0 Å². The van der Waals surface area contributed by atoms with Gasteiger partial charge in [0.05, 0.1) is 0 Å². The van der Waals surface area contributed by atoms with Gasteiger partial charge < -0.3 is 10.6 Å². The SMILES string of the molecule is CN=C(NCc1cccc(Br)c1)NCC1(C)CCCS1. The van der Waals surface area contributed by atoms with Gasteiger partial charge in [0.2, 0.25) is 0 Å². The Hall–Kier alpha value is -0.680. The topological polar surface area (TPSA) is 36.4 Å². The van der Waals surface area contributed by atoms with Gasteiger partial charge in [-0.3, -0.25) is 4.99 Å². The lowest BCUT2D eigenvalue weighted by molar-refractivity contribution is 0.584. The molecule has 1 unspecified atom stereocenters. The van der Waals surface area contributed by atoms with Gasteiger partial charge in [0.25, 0.3) is 0 Å². The smallest absolute Gasteiger partial charge is 0.191 e. The molecule has 3 nitrogen and oxygen atoms in total. The van der Waals surface area contributed by atoms with Crippen LogP contribution in [0.2, 0.25) is 0 Å². The van der Waals surface area contributed by atoms with E-state index in [2.05, 4.69) is 62.4 Å². The summed E-state index contributed by atoms with van der Waals surface area (Å²) in [5, 5.41) is 6.81. The molecule has 2 rings (SSSR count). The zero-order chi connectivity index (χ0) is 14.4. The number of guanidine groups is 1. The van der Waals surface area contributed by atoms with Crippen LogP contribution in [-0.4, -0.2) is 30.1 Å². The van der Waals surface area contributed by atoms with E-state index in [-0.39, 0.29) is 0 Å². The monoisotopic (exact) mass is 355 g/mol. The predicted octanol–water partition coefficient (Wildman–Crippen LogP) is 3.40. The van der Waals surface area contributed by atoms with E-state index in [9.17, 15) is 0 Å². The van der Waals surface area contributed by atoms with Crippen LogP contribution < -0.4 is 10.6 Å². The summed E-state index contributed by atoms with van der Waals surface area (Å²) in [7, 11) is 1.82. The molecular formula is C15H22BrN3S. The van der Waals surface area contributed by atoms with Crippen LogP contribution in [-0.2, 0) is 6.54 Å². The third-order valence-electron chi connectivity index (χ3n) is 3.50. The van der Waals surface area contributed by atoms with Crippen LogP contribution in [0.1, 0.15) is 25.3 Å². The van der Waals surface area contributed by atoms with E-state index >= 15 is 0 Å². The molecular weight excluding hydrogens is 334 g/mol. The molecule has 0 aromatic heterocycles. The molecule has 20 heavy (non-hydrogen) atoms. The summed E-state index contributed by atoms with van der Waals surface area (Å²) in [6, 6.07) is 8.32. The number of rotatable bonds is 4. The van der Waals surface area contributed by atoms with E-state index in [1.165, 1.54) is 24.2 Å². The van der Waals surface area contributed by atoms with Gasteiger partial charge in [0.1, 0.15) is 0 Å². The number of nitrogens with one attached hydrogen (secondary N) is 2. The van der Waals surface area contributed by atoms with E-state index in [1.54, 1.807) is 0 Å². The van der Waals surface area contributed by atoms with Gasteiger partial charge in [-0.2, -0.15) is 11.8 Å². The Balaban J connectivity index is 1.81. The second-order valence-corrected chi connectivity index (χ2v) is 7.91. The first-order valence-electron chi connectivity index (χ1n) is 6.94. The quantitative estimate of drug-likeness (QED) is 0.641. The number of aliphatic imine (C=N–C) groups is 1. The summed E-state index contributed by atoms with van der Waals surface area (Å²) in [5.41, 5.74) is 1.24. The molecule has 1 aromatic rings.